The first-order valence-electron chi connectivity index (χ1n) is 10.1. The lowest BCUT2D eigenvalue weighted by atomic mass is 9.85. The lowest BCUT2D eigenvalue weighted by Crippen LogP contribution is -2.38. The number of rotatable bonds is 6. The number of amides is 1. The second kappa shape index (κ2) is 8.38. The highest BCUT2D eigenvalue weighted by Crippen LogP contribution is 2.38. The normalized spacial score (nSPS) is 20.5. The smallest absolute Gasteiger partial charge is 0.255 e. The Bertz CT molecular complexity index is 585. The molecule has 1 aliphatic heterocycles. The summed E-state index contributed by atoms with van der Waals surface area (Å²) >= 11 is 0. The van der Waals surface area contributed by atoms with Crippen molar-refractivity contribution in [1.82, 2.24) is 14.8 Å². The summed E-state index contributed by atoms with van der Waals surface area (Å²) in [6.45, 7) is 6.07. The molecular weight excluding hydrogens is 324 g/mol. The van der Waals surface area contributed by atoms with Crippen molar-refractivity contribution in [2.75, 3.05) is 45.6 Å². The number of likely N-dealkylation sites (tertiary alicyclic amines) is 1. The van der Waals surface area contributed by atoms with Crippen molar-refractivity contribution in [3.05, 3.63) is 23.9 Å². The molecule has 1 aromatic heterocycles. The molecular formula is C21H34N4O. The Morgan fingerprint density at radius 3 is 2.54 bits per heavy atom. The second-order valence-corrected chi connectivity index (χ2v) is 8.71. The van der Waals surface area contributed by atoms with Crippen molar-refractivity contribution in [1.29, 1.82) is 0 Å². The van der Waals surface area contributed by atoms with Crippen LogP contribution in [0.25, 0.3) is 0 Å². The van der Waals surface area contributed by atoms with Gasteiger partial charge >= 0.3 is 0 Å². The van der Waals surface area contributed by atoms with Gasteiger partial charge in [0.1, 0.15) is 5.82 Å². The van der Waals surface area contributed by atoms with Crippen LogP contribution in [0.1, 0.15) is 55.8 Å². The zero-order valence-corrected chi connectivity index (χ0v) is 16.6. The molecule has 5 nitrogen and oxygen atoms in total. The molecule has 0 unspecified atom stereocenters. The number of nitrogens with zero attached hydrogens (tertiary/aromatic N) is 3. The Kier molecular flexibility index (Phi) is 6.17. The average molecular weight is 359 g/mol. The molecule has 2 fully saturated rings. The number of hydrogen-bond donors (Lipinski definition) is 1. The number of anilines is 1. The summed E-state index contributed by atoms with van der Waals surface area (Å²) in [6, 6.07) is 3.88. The summed E-state index contributed by atoms with van der Waals surface area (Å²) < 4.78 is 0. The Labute approximate surface area is 158 Å². The zero-order valence-electron chi connectivity index (χ0n) is 16.6. The first-order valence-corrected chi connectivity index (χ1v) is 10.1. The summed E-state index contributed by atoms with van der Waals surface area (Å²) in [6.07, 6.45) is 9.15. The van der Waals surface area contributed by atoms with Crippen LogP contribution >= 0.6 is 0 Å². The maximum atomic E-state index is 12.6. The average Bonchev–Trinajstić information content (AvgIpc) is 3.08. The maximum absolute atomic E-state index is 12.6. The monoisotopic (exact) mass is 358 g/mol. The van der Waals surface area contributed by atoms with Crippen LogP contribution in [0.4, 0.5) is 5.82 Å². The Morgan fingerprint density at radius 2 is 1.96 bits per heavy atom. The SMILES string of the molecule is CC1CCN(C(=O)c2ccc(NCC3(CN(C)C)CCCC3)nc2)CC1. The van der Waals surface area contributed by atoms with Crippen LogP contribution in [0, 0.1) is 11.3 Å². The van der Waals surface area contributed by atoms with E-state index in [0.717, 1.165) is 50.8 Å². The molecule has 1 saturated carbocycles. The maximum Gasteiger partial charge on any atom is 0.255 e. The number of piperidine rings is 1. The summed E-state index contributed by atoms with van der Waals surface area (Å²) in [5.41, 5.74) is 1.05. The predicted octanol–water partition coefficient (Wildman–Crippen LogP) is 3.49. The van der Waals surface area contributed by atoms with E-state index in [-0.39, 0.29) is 5.91 Å². The highest BCUT2D eigenvalue weighted by Gasteiger charge is 2.34. The van der Waals surface area contributed by atoms with Gasteiger partial charge in [-0.3, -0.25) is 4.79 Å². The number of nitrogens with one attached hydrogen (secondary N) is 1. The molecule has 5 heteroatoms. The molecule has 2 heterocycles. The number of carbonyl (C=O) groups excluding carboxylic acids is 1. The lowest BCUT2D eigenvalue weighted by Gasteiger charge is -2.32. The minimum atomic E-state index is 0.121. The zero-order chi connectivity index (χ0) is 18.6. The Morgan fingerprint density at radius 1 is 1.27 bits per heavy atom. The molecule has 2 aliphatic rings. The molecule has 0 bridgehead atoms. The minimum Gasteiger partial charge on any atom is -0.369 e. The molecule has 0 atom stereocenters. The van der Waals surface area contributed by atoms with Crippen molar-refractivity contribution in [3.8, 4) is 0 Å². The van der Waals surface area contributed by atoms with Crippen LogP contribution in [0.3, 0.4) is 0 Å². The van der Waals surface area contributed by atoms with E-state index in [1.54, 1.807) is 6.20 Å². The first kappa shape index (κ1) is 19.2. The van der Waals surface area contributed by atoms with E-state index >= 15 is 0 Å². The molecule has 0 spiro atoms. The van der Waals surface area contributed by atoms with Gasteiger partial charge in [-0.05, 0) is 57.8 Å². The molecule has 1 aromatic rings. The van der Waals surface area contributed by atoms with Crippen LogP contribution in [-0.2, 0) is 0 Å². The van der Waals surface area contributed by atoms with Crippen LogP contribution in [0.15, 0.2) is 18.3 Å². The van der Waals surface area contributed by atoms with Crippen LogP contribution in [0.2, 0.25) is 0 Å². The van der Waals surface area contributed by atoms with Gasteiger partial charge in [0.25, 0.3) is 5.91 Å². The largest absolute Gasteiger partial charge is 0.369 e. The van der Waals surface area contributed by atoms with Gasteiger partial charge in [-0.2, -0.15) is 0 Å². The van der Waals surface area contributed by atoms with Crippen LogP contribution < -0.4 is 5.32 Å². The van der Waals surface area contributed by atoms with E-state index in [4.69, 9.17) is 0 Å². The Hall–Kier alpha value is -1.62. The molecule has 1 amide bonds. The molecule has 3 rings (SSSR count). The summed E-state index contributed by atoms with van der Waals surface area (Å²) in [5, 5.41) is 3.52. The van der Waals surface area contributed by atoms with E-state index in [9.17, 15) is 4.79 Å². The number of carbonyl (C=O) groups is 1. The summed E-state index contributed by atoms with van der Waals surface area (Å²) in [4.78, 5) is 21.4. The third kappa shape index (κ3) is 4.76. The second-order valence-electron chi connectivity index (χ2n) is 8.71. The van der Waals surface area contributed by atoms with E-state index in [1.807, 2.05) is 17.0 Å². The fourth-order valence-corrected chi connectivity index (χ4v) is 4.48. The molecule has 144 valence electrons. The fourth-order valence-electron chi connectivity index (χ4n) is 4.48. The van der Waals surface area contributed by atoms with Crippen molar-refractivity contribution >= 4 is 11.7 Å². The van der Waals surface area contributed by atoms with Crippen LogP contribution in [-0.4, -0.2) is 61.0 Å². The highest BCUT2D eigenvalue weighted by atomic mass is 16.2. The number of pyridine rings is 1. The van der Waals surface area contributed by atoms with Gasteiger partial charge < -0.3 is 15.1 Å². The van der Waals surface area contributed by atoms with Gasteiger partial charge in [0.2, 0.25) is 0 Å². The fraction of sp³-hybridized carbons (Fsp3) is 0.714. The number of hydrogen-bond acceptors (Lipinski definition) is 4. The third-order valence-corrected chi connectivity index (χ3v) is 6.04. The van der Waals surface area contributed by atoms with E-state index < -0.39 is 0 Å². The first-order chi connectivity index (χ1) is 12.5. The van der Waals surface area contributed by atoms with Gasteiger partial charge in [-0.15, -0.1) is 0 Å². The number of aromatic nitrogens is 1. The van der Waals surface area contributed by atoms with Gasteiger partial charge in [-0.1, -0.05) is 19.8 Å². The van der Waals surface area contributed by atoms with Gasteiger partial charge in [0.05, 0.1) is 5.56 Å². The van der Waals surface area contributed by atoms with E-state index in [2.05, 4.69) is 36.2 Å². The van der Waals surface area contributed by atoms with E-state index in [1.165, 1.54) is 25.7 Å². The predicted molar refractivity (Wildman–Crippen MR) is 106 cm³/mol. The molecule has 0 aromatic carbocycles. The topological polar surface area (TPSA) is 48.5 Å². The standard InChI is InChI=1S/C21H34N4O/c1-17-8-12-25(13-9-17)20(26)18-6-7-19(22-14-18)23-15-21(16-24(2)3)10-4-5-11-21/h6-7,14,17H,4-5,8-13,15-16H2,1-3H3,(H,22,23). The molecule has 0 radical (unpaired) electrons. The van der Waals surface area contributed by atoms with E-state index in [0.29, 0.717) is 11.0 Å². The minimum absolute atomic E-state index is 0.121. The van der Waals surface area contributed by atoms with Crippen molar-refractivity contribution in [3.63, 3.8) is 0 Å². The van der Waals surface area contributed by atoms with Crippen LogP contribution in [0.5, 0.6) is 0 Å². The summed E-state index contributed by atoms with van der Waals surface area (Å²) in [5.74, 6) is 1.73. The summed E-state index contributed by atoms with van der Waals surface area (Å²) in [7, 11) is 4.31. The Balaban J connectivity index is 1.56. The van der Waals surface area contributed by atoms with Gasteiger partial charge in [0.15, 0.2) is 0 Å². The molecule has 26 heavy (non-hydrogen) atoms. The van der Waals surface area contributed by atoms with Crippen molar-refractivity contribution in [2.45, 2.75) is 45.4 Å². The van der Waals surface area contributed by atoms with Gasteiger partial charge in [-0.25, -0.2) is 4.98 Å². The van der Waals surface area contributed by atoms with Crippen molar-refractivity contribution in [2.24, 2.45) is 11.3 Å². The lowest BCUT2D eigenvalue weighted by molar-refractivity contribution is 0.0697. The third-order valence-electron chi connectivity index (χ3n) is 6.04. The van der Waals surface area contributed by atoms with Crippen molar-refractivity contribution < 1.29 is 4.79 Å². The molecule has 1 N–H and O–H groups in total. The van der Waals surface area contributed by atoms with Gasteiger partial charge in [0, 0.05) is 37.8 Å². The molecule has 1 saturated heterocycles. The quantitative estimate of drug-likeness (QED) is 0.846. The highest BCUT2D eigenvalue weighted by molar-refractivity contribution is 5.94. The molecule has 1 aliphatic carbocycles.